The quantitative estimate of drug-likeness (QED) is 0.893. The Morgan fingerprint density at radius 1 is 1.32 bits per heavy atom. The molecular weight excluding hydrogens is 299 g/mol. The predicted octanol–water partition coefficient (Wildman–Crippen LogP) is 1.87. The van der Waals surface area contributed by atoms with Crippen LogP contribution in [0.15, 0.2) is 18.3 Å². The van der Waals surface area contributed by atoms with Crippen LogP contribution >= 0.6 is 0 Å². The maximum atomic E-state index is 12.9. The lowest BCUT2D eigenvalue weighted by atomic mass is 9.85. The average Bonchev–Trinajstić information content (AvgIpc) is 2.46. The van der Waals surface area contributed by atoms with Crippen LogP contribution in [0.2, 0.25) is 0 Å². The molecule has 120 valence electrons. The number of nitrogens with zero attached hydrogens (tertiary/aromatic N) is 1. The topological polar surface area (TPSA) is 85.1 Å². The molecule has 22 heavy (non-hydrogen) atoms. The van der Waals surface area contributed by atoms with Crippen LogP contribution < -0.4 is 11.1 Å². The summed E-state index contributed by atoms with van der Waals surface area (Å²) in [7, 11) is 0. The summed E-state index contributed by atoms with van der Waals surface area (Å²) < 4.78 is 38.6. The van der Waals surface area contributed by atoms with Gasteiger partial charge in [-0.25, -0.2) is 0 Å². The molecule has 0 aromatic carbocycles. The fourth-order valence-electron chi connectivity index (χ4n) is 2.66. The van der Waals surface area contributed by atoms with Crippen LogP contribution in [0.3, 0.4) is 0 Å². The Hall–Kier alpha value is -2.12. The molecule has 3 N–H and O–H groups in total. The molecule has 1 fully saturated rings. The molecule has 1 heterocycles. The maximum Gasteiger partial charge on any atom is 0.434 e. The van der Waals surface area contributed by atoms with Gasteiger partial charge in [0.05, 0.1) is 5.56 Å². The summed E-state index contributed by atoms with van der Waals surface area (Å²) in [5.74, 6) is -1.64. The standard InChI is InChI=1S/C14H16F3N3O2/c15-14(16,17)11-10(5-2-6-19-11)13(22)20-9-4-1-3-8(7-9)12(18)21/h2,5-6,8-9H,1,3-4,7H2,(H2,18,21)(H,20,22)/t8-,9-/m1/s1. The molecule has 1 aliphatic carbocycles. The minimum Gasteiger partial charge on any atom is -0.369 e. The Bertz CT molecular complexity index is 575. The first-order valence-electron chi connectivity index (χ1n) is 6.91. The van der Waals surface area contributed by atoms with E-state index in [0.717, 1.165) is 12.3 Å². The molecule has 0 aliphatic heterocycles. The molecule has 0 unspecified atom stereocenters. The lowest BCUT2D eigenvalue weighted by Crippen LogP contribution is -2.41. The van der Waals surface area contributed by atoms with Crippen molar-refractivity contribution in [3.8, 4) is 0 Å². The lowest BCUT2D eigenvalue weighted by molar-refractivity contribution is -0.141. The Kier molecular flexibility index (Phi) is 4.68. The van der Waals surface area contributed by atoms with Gasteiger partial charge in [-0.2, -0.15) is 13.2 Å². The highest BCUT2D eigenvalue weighted by Crippen LogP contribution is 2.30. The van der Waals surface area contributed by atoms with E-state index in [0.29, 0.717) is 25.7 Å². The number of alkyl halides is 3. The number of amides is 2. The number of nitrogens with one attached hydrogen (secondary N) is 1. The highest BCUT2D eigenvalue weighted by atomic mass is 19.4. The van der Waals surface area contributed by atoms with Crippen molar-refractivity contribution in [1.29, 1.82) is 0 Å². The molecule has 5 nitrogen and oxygen atoms in total. The Morgan fingerprint density at radius 2 is 2.05 bits per heavy atom. The first kappa shape index (κ1) is 16.3. The second-order valence-corrected chi connectivity index (χ2v) is 5.33. The van der Waals surface area contributed by atoms with Crippen LogP contribution in [0, 0.1) is 5.92 Å². The molecule has 0 radical (unpaired) electrons. The first-order chi connectivity index (χ1) is 10.3. The Morgan fingerprint density at radius 3 is 2.68 bits per heavy atom. The van der Waals surface area contributed by atoms with E-state index in [1.54, 1.807) is 0 Å². The SMILES string of the molecule is NC(=O)[C@@H]1CCC[C@@H](NC(=O)c2cccnc2C(F)(F)F)C1. The average molecular weight is 315 g/mol. The number of hydrogen-bond acceptors (Lipinski definition) is 3. The second kappa shape index (κ2) is 6.33. The zero-order chi connectivity index (χ0) is 16.3. The lowest BCUT2D eigenvalue weighted by Gasteiger charge is -2.28. The molecule has 0 spiro atoms. The summed E-state index contributed by atoms with van der Waals surface area (Å²) >= 11 is 0. The smallest absolute Gasteiger partial charge is 0.369 e. The Balaban J connectivity index is 2.11. The van der Waals surface area contributed by atoms with Gasteiger partial charge in [-0.05, 0) is 31.4 Å². The number of rotatable bonds is 3. The van der Waals surface area contributed by atoms with Crippen LogP contribution in [-0.4, -0.2) is 22.8 Å². The minimum absolute atomic E-state index is 0.350. The molecular formula is C14H16F3N3O2. The molecule has 8 heteroatoms. The van der Waals surface area contributed by atoms with E-state index in [9.17, 15) is 22.8 Å². The van der Waals surface area contributed by atoms with E-state index in [1.165, 1.54) is 6.07 Å². The summed E-state index contributed by atoms with van der Waals surface area (Å²) in [5.41, 5.74) is 3.51. The van der Waals surface area contributed by atoms with Crippen molar-refractivity contribution in [3.05, 3.63) is 29.6 Å². The van der Waals surface area contributed by atoms with E-state index in [4.69, 9.17) is 5.73 Å². The monoisotopic (exact) mass is 315 g/mol. The molecule has 1 saturated carbocycles. The van der Waals surface area contributed by atoms with Crippen molar-refractivity contribution >= 4 is 11.8 Å². The van der Waals surface area contributed by atoms with Gasteiger partial charge in [0.15, 0.2) is 5.69 Å². The third-order valence-electron chi connectivity index (χ3n) is 3.73. The minimum atomic E-state index is -4.70. The molecule has 1 aromatic rings. The largest absolute Gasteiger partial charge is 0.434 e. The highest BCUT2D eigenvalue weighted by molar-refractivity contribution is 5.95. The molecule has 2 rings (SSSR count). The number of primary amides is 1. The van der Waals surface area contributed by atoms with Gasteiger partial charge in [0.2, 0.25) is 5.91 Å². The molecule has 2 amide bonds. The number of carbonyl (C=O) groups is 2. The van der Waals surface area contributed by atoms with Gasteiger partial charge in [-0.3, -0.25) is 14.6 Å². The van der Waals surface area contributed by atoms with Gasteiger partial charge in [-0.1, -0.05) is 6.42 Å². The number of aromatic nitrogens is 1. The zero-order valence-electron chi connectivity index (χ0n) is 11.7. The van der Waals surface area contributed by atoms with Crippen molar-refractivity contribution in [1.82, 2.24) is 10.3 Å². The molecule has 1 aromatic heterocycles. The molecule has 1 aliphatic rings. The predicted molar refractivity (Wildman–Crippen MR) is 71.6 cm³/mol. The van der Waals surface area contributed by atoms with Crippen molar-refractivity contribution in [2.45, 2.75) is 37.9 Å². The van der Waals surface area contributed by atoms with E-state index >= 15 is 0 Å². The highest BCUT2D eigenvalue weighted by Gasteiger charge is 2.37. The van der Waals surface area contributed by atoms with Crippen LogP contribution in [0.4, 0.5) is 13.2 Å². The van der Waals surface area contributed by atoms with Gasteiger partial charge >= 0.3 is 6.18 Å². The summed E-state index contributed by atoms with van der Waals surface area (Å²) in [6.07, 6.45) is -1.42. The third kappa shape index (κ3) is 3.75. The van der Waals surface area contributed by atoms with Crippen LogP contribution in [0.1, 0.15) is 41.7 Å². The van der Waals surface area contributed by atoms with Crippen molar-refractivity contribution in [3.63, 3.8) is 0 Å². The number of halogens is 3. The first-order valence-corrected chi connectivity index (χ1v) is 6.91. The third-order valence-corrected chi connectivity index (χ3v) is 3.73. The normalized spacial score (nSPS) is 22.1. The van der Waals surface area contributed by atoms with E-state index in [-0.39, 0.29) is 12.0 Å². The fraction of sp³-hybridized carbons (Fsp3) is 0.500. The van der Waals surface area contributed by atoms with Gasteiger partial charge in [0.25, 0.3) is 5.91 Å². The van der Waals surface area contributed by atoms with Gasteiger partial charge < -0.3 is 11.1 Å². The maximum absolute atomic E-state index is 12.9. The van der Waals surface area contributed by atoms with Crippen LogP contribution in [0.5, 0.6) is 0 Å². The molecule has 0 bridgehead atoms. The zero-order valence-corrected chi connectivity index (χ0v) is 11.7. The fourth-order valence-corrected chi connectivity index (χ4v) is 2.66. The van der Waals surface area contributed by atoms with Crippen LogP contribution in [0.25, 0.3) is 0 Å². The Labute approximate surface area is 125 Å². The summed E-state index contributed by atoms with van der Waals surface area (Å²) in [6.45, 7) is 0. The summed E-state index contributed by atoms with van der Waals surface area (Å²) in [6, 6.07) is 2.00. The van der Waals surface area contributed by atoms with Gasteiger partial charge in [0.1, 0.15) is 0 Å². The van der Waals surface area contributed by atoms with E-state index in [2.05, 4.69) is 10.3 Å². The van der Waals surface area contributed by atoms with Crippen molar-refractivity contribution in [2.75, 3.05) is 0 Å². The van der Waals surface area contributed by atoms with Crippen LogP contribution in [-0.2, 0) is 11.0 Å². The van der Waals surface area contributed by atoms with Gasteiger partial charge in [-0.15, -0.1) is 0 Å². The summed E-state index contributed by atoms with van der Waals surface area (Å²) in [4.78, 5) is 26.5. The van der Waals surface area contributed by atoms with E-state index in [1.807, 2.05) is 0 Å². The number of nitrogens with two attached hydrogens (primary N) is 1. The summed E-state index contributed by atoms with van der Waals surface area (Å²) in [5, 5.41) is 2.55. The molecule has 2 atom stereocenters. The van der Waals surface area contributed by atoms with E-state index < -0.39 is 29.2 Å². The number of pyridine rings is 1. The second-order valence-electron chi connectivity index (χ2n) is 5.33. The van der Waals surface area contributed by atoms with Gasteiger partial charge in [0, 0.05) is 18.2 Å². The number of hydrogen-bond donors (Lipinski definition) is 2. The van der Waals surface area contributed by atoms with Crippen molar-refractivity contribution in [2.24, 2.45) is 11.7 Å². The molecule has 0 saturated heterocycles. The number of carbonyl (C=O) groups excluding carboxylic acids is 2. The van der Waals surface area contributed by atoms with Crippen molar-refractivity contribution < 1.29 is 22.8 Å².